The largest absolute Gasteiger partial charge is 0.439 e. The van der Waals surface area contributed by atoms with Gasteiger partial charge < -0.3 is 4.74 Å². The van der Waals surface area contributed by atoms with E-state index in [0.29, 0.717) is 11.6 Å². The van der Waals surface area contributed by atoms with E-state index in [1.807, 2.05) is 66.9 Å². The van der Waals surface area contributed by atoms with Crippen LogP contribution in [0.5, 0.6) is 11.6 Å². The Bertz CT molecular complexity index is 1250. The van der Waals surface area contributed by atoms with Crippen molar-refractivity contribution in [3.8, 4) is 39.7 Å². The number of aromatic nitrogens is 4. The summed E-state index contributed by atoms with van der Waals surface area (Å²) in [5.41, 5.74) is 5.05. The fraction of sp³-hybridized carbons (Fsp3) is 0. The first-order valence-electron chi connectivity index (χ1n) is 9.63. The number of hydrogen-bond acceptors (Lipinski definition) is 4. The molecule has 2 heterocycles. The summed E-state index contributed by atoms with van der Waals surface area (Å²) >= 11 is 0. The SMILES string of the molecule is c1ccc(-c2ccc(-c3cn(-c4cccc(Oc5ccccn5)c4)nn3)cc2)cc1. The van der Waals surface area contributed by atoms with Crippen LogP contribution in [-0.2, 0) is 0 Å². The normalized spacial score (nSPS) is 10.7. The summed E-state index contributed by atoms with van der Waals surface area (Å²) in [6.45, 7) is 0. The molecule has 0 saturated heterocycles. The monoisotopic (exact) mass is 390 g/mol. The number of hydrogen-bond donors (Lipinski definition) is 0. The molecule has 3 aromatic carbocycles. The summed E-state index contributed by atoms with van der Waals surface area (Å²) in [4.78, 5) is 4.19. The van der Waals surface area contributed by atoms with E-state index in [1.54, 1.807) is 10.9 Å². The molecule has 0 amide bonds. The lowest BCUT2D eigenvalue weighted by Crippen LogP contribution is -1.95. The minimum Gasteiger partial charge on any atom is -0.439 e. The molecule has 0 atom stereocenters. The van der Waals surface area contributed by atoms with Crippen molar-refractivity contribution in [2.75, 3.05) is 0 Å². The zero-order valence-electron chi connectivity index (χ0n) is 16.1. The number of pyridine rings is 1. The molecule has 0 unspecified atom stereocenters. The molecular formula is C25H18N4O. The first-order valence-corrected chi connectivity index (χ1v) is 9.63. The molecular weight excluding hydrogens is 372 g/mol. The average molecular weight is 390 g/mol. The Labute approximate surface area is 174 Å². The minimum absolute atomic E-state index is 0.549. The van der Waals surface area contributed by atoms with Gasteiger partial charge in [-0.3, -0.25) is 0 Å². The summed E-state index contributed by atoms with van der Waals surface area (Å²) < 4.78 is 7.56. The lowest BCUT2D eigenvalue weighted by atomic mass is 10.0. The van der Waals surface area contributed by atoms with Gasteiger partial charge >= 0.3 is 0 Å². The van der Waals surface area contributed by atoms with Crippen molar-refractivity contribution in [3.63, 3.8) is 0 Å². The molecule has 5 aromatic rings. The van der Waals surface area contributed by atoms with Crippen LogP contribution >= 0.6 is 0 Å². The maximum Gasteiger partial charge on any atom is 0.219 e. The molecule has 5 nitrogen and oxygen atoms in total. The molecule has 0 fully saturated rings. The topological polar surface area (TPSA) is 52.8 Å². The fourth-order valence-corrected chi connectivity index (χ4v) is 3.20. The predicted octanol–water partition coefficient (Wildman–Crippen LogP) is 5.79. The van der Waals surface area contributed by atoms with Gasteiger partial charge in [-0.2, -0.15) is 0 Å². The number of nitrogens with zero attached hydrogens (tertiary/aromatic N) is 4. The van der Waals surface area contributed by atoms with Gasteiger partial charge in [0.05, 0.1) is 11.9 Å². The van der Waals surface area contributed by atoms with E-state index < -0.39 is 0 Å². The van der Waals surface area contributed by atoms with Crippen molar-refractivity contribution in [2.24, 2.45) is 0 Å². The van der Waals surface area contributed by atoms with E-state index in [9.17, 15) is 0 Å². The van der Waals surface area contributed by atoms with Gasteiger partial charge in [0.1, 0.15) is 11.4 Å². The van der Waals surface area contributed by atoms with E-state index in [4.69, 9.17) is 4.74 Å². The molecule has 144 valence electrons. The summed E-state index contributed by atoms with van der Waals surface area (Å²) in [7, 11) is 0. The molecule has 0 aliphatic heterocycles. The molecule has 30 heavy (non-hydrogen) atoms. The summed E-state index contributed by atoms with van der Waals surface area (Å²) in [6.07, 6.45) is 3.61. The maximum absolute atomic E-state index is 5.81. The molecule has 0 aliphatic carbocycles. The Hall–Kier alpha value is -4.25. The van der Waals surface area contributed by atoms with Crippen molar-refractivity contribution >= 4 is 0 Å². The standard InChI is InChI=1S/C25H18N4O/c1-2-7-19(8-3-1)20-12-14-21(15-13-20)24-18-29(28-27-24)22-9-6-10-23(17-22)30-25-11-4-5-16-26-25/h1-18H. The minimum atomic E-state index is 0.549. The third-order valence-corrected chi connectivity index (χ3v) is 4.72. The van der Waals surface area contributed by atoms with Crippen LogP contribution in [0.1, 0.15) is 0 Å². The predicted molar refractivity (Wildman–Crippen MR) is 117 cm³/mol. The van der Waals surface area contributed by atoms with Gasteiger partial charge in [0, 0.05) is 23.9 Å². The first kappa shape index (κ1) is 17.8. The molecule has 5 heteroatoms. The van der Waals surface area contributed by atoms with E-state index in [1.165, 1.54) is 11.1 Å². The van der Waals surface area contributed by atoms with Gasteiger partial charge in [-0.05, 0) is 29.3 Å². The summed E-state index contributed by atoms with van der Waals surface area (Å²) in [5.74, 6) is 1.24. The van der Waals surface area contributed by atoms with Crippen molar-refractivity contribution in [1.82, 2.24) is 20.0 Å². The average Bonchev–Trinajstić information content (AvgIpc) is 3.31. The van der Waals surface area contributed by atoms with Gasteiger partial charge in [-0.15, -0.1) is 5.10 Å². The first-order chi connectivity index (χ1) is 14.8. The van der Waals surface area contributed by atoms with Crippen LogP contribution in [0, 0.1) is 0 Å². The number of ether oxygens (including phenoxy) is 1. The highest BCUT2D eigenvalue weighted by atomic mass is 16.5. The second-order valence-electron chi connectivity index (χ2n) is 6.76. The van der Waals surface area contributed by atoms with E-state index in [2.05, 4.69) is 51.7 Å². The zero-order valence-corrected chi connectivity index (χ0v) is 16.1. The Morgan fingerprint density at radius 3 is 2.23 bits per heavy atom. The molecule has 0 bridgehead atoms. The molecule has 0 aliphatic rings. The maximum atomic E-state index is 5.81. The van der Waals surface area contributed by atoms with Crippen molar-refractivity contribution in [1.29, 1.82) is 0 Å². The van der Waals surface area contributed by atoms with E-state index in [-0.39, 0.29) is 0 Å². The Kier molecular flexibility index (Phi) is 4.76. The van der Waals surface area contributed by atoms with Gasteiger partial charge in [0.25, 0.3) is 0 Å². The Morgan fingerprint density at radius 1 is 0.667 bits per heavy atom. The lowest BCUT2D eigenvalue weighted by Gasteiger charge is -2.06. The summed E-state index contributed by atoms with van der Waals surface area (Å²) in [5, 5.41) is 8.63. The second-order valence-corrected chi connectivity index (χ2v) is 6.76. The van der Waals surface area contributed by atoms with Crippen molar-refractivity contribution < 1.29 is 4.74 Å². The van der Waals surface area contributed by atoms with E-state index in [0.717, 1.165) is 16.9 Å². The van der Waals surface area contributed by atoms with Crippen LogP contribution in [-0.4, -0.2) is 20.0 Å². The lowest BCUT2D eigenvalue weighted by molar-refractivity contribution is 0.462. The number of benzene rings is 3. The van der Waals surface area contributed by atoms with Gasteiger partial charge in [0.2, 0.25) is 5.88 Å². The second kappa shape index (κ2) is 8.01. The van der Waals surface area contributed by atoms with Crippen molar-refractivity contribution in [3.05, 3.63) is 109 Å². The highest BCUT2D eigenvalue weighted by Gasteiger charge is 2.07. The quantitative estimate of drug-likeness (QED) is 0.381. The molecule has 0 N–H and O–H groups in total. The van der Waals surface area contributed by atoms with Gasteiger partial charge in [-0.25, -0.2) is 9.67 Å². The van der Waals surface area contributed by atoms with Crippen molar-refractivity contribution in [2.45, 2.75) is 0 Å². The number of rotatable bonds is 5. The van der Waals surface area contributed by atoms with Gasteiger partial charge in [-0.1, -0.05) is 71.9 Å². The third-order valence-electron chi connectivity index (χ3n) is 4.72. The molecule has 2 aromatic heterocycles. The van der Waals surface area contributed by atoms with Crippen LogP contribution in [0.2, 0.25) is 0 Å². The third kappa shape index (κ3) is 3.82. The smallest absolute Gasteiger partial charge is 0.219 e. The molecule has 5 rings (SSSR count). The zero-order chi connectivity index (χ0) is 20.2. The highest BCUT2D eigenvalue weighted by Crippen LogP contribution is 2.25. The van der Waals surface area contributed by atoms with Gasteiger partial charge in [0.15, 0.2) is 0 Å². The molecule has 0 spiro atoms. The van der Waals surface area contributed by atoms with Crippen LogP contribution < -0.4 is 4.74 Å². The Balaban J connectivity index is 1.37. The molecule has 0 radical (unpaired) electrons. The van der Waals surface area contributed by atoms with Crippen LogP contribution in [0.4, 0.5) is 0 Å². The van der Waals surface area contributed by atoms with Crippen LogP contribution in [0.25, 0.3) is 28.1 Å². The van der Waals surface area contributed by atoms with Crippen LogP contribution in [0.15, 0.2) is 109 Å². The highest BCUT2D eigenvalue weighted by molar-refractivity contribution is 5.68. The van der Waals surface area contributed by atoms with Crippen LogP contribution in [0.3, 0.4) is 0 Å². The fourth-order valence-electron chi connectivity index (χ4n) is 3.20. The summed E-state index contributed by atoms with van der Waals surface area (Å²) in [6, 6.07) is 31.9. The van der Waals surface area contributed by atoms with E-state index >= 15 is 0 Å². The Morgan fingerprint density at radius 2 is 1.43 bits per heavy atom. The molecule has 0 saturated carbocycles.